The van der Waals surface area contributed by atoms with Crippen LogP contribution >= 0.6 is 0 Å². The Kier molecular flexibility index (Phi) is 882. The molecule has 0 spiro atoms. The van der Waals surface area contributed by atoms with Crippen LogP contribution in [0.5, 0.6) is 0 Å². The van der Waals surface area contributed by atoms with Crippen molar-refractivity contribution in [2.45, 2.75) is 0 Å². The van der Waals surface area contributed by atoms with Crippen molar-refractivity contribution in [2.24, 2.45) is 0 Å². The quantitative estimate of drug-likeness (QED) is 0.261. The summed E-state index contributed by atoms with van der Waals surface area (Å²) in [6.45, 7) is 0. The first kappa shape index (κ1) is 140. The van der Waals surface area contributed by atoms with Crippen LogP contribution in [0.25, 0.3) is 0 Å². The maximum Gasteiger partial charge on any atom is 2.00 e. The van der Waals surface area contributed by atoms with Gasteiger partial charge in [0, 0.05) is 58.4 Å². The molecule has 0 rings (SSSR count). The third kappa shape index (κ3) is 2930. The molecule has 0 bridgehead atoms. The molecule has 0 saturated carbocycles. The number of carboxylic acid groups (broad SMARTS) is 4. The van der Waals surface area contributed by atoms with Crippen LogP contribution in [-0.2, 0) is 97.4 Å². The van der Waals surface area contributed by atoms with Crippen molar-refractivity contribution in [1.82, 2.24) is 0 Å². The second-order valence-corrected chi connectivity index (χ2v) is 0.500. The molecule has 17 heteroatoms. The van der Waals surface area contributed by atoms with Gasteiger partial charge < -0.3 is 62.9 Å². The summed E-state index contributed by atoms with van der Waals surface area (Å²) < 4.78 is 0. The van der Waals surface area contributed by atoms with Crippen LogP contribution in [-0.4, -0.2) is 45.2 Å². The minimum absolute atomic E-state index is 0. The molecule has 19 heavy (non-hydrogen) atoms. The zero-order valence-corrected chi connectivity index (χ0v) is 24.8. The van der Waals surface area contributed by atoms with Crippen molar-refractivity contribution in [1.29, 1.82) is 0 Å². The molecule has 12 N–H and O–H groups in total. The van der Waals surface area contributed by atoms with E-state index in [0.717, 1.165) is 0 Å². The van der Waals surface area contributed by atoms with Gasteiger partial charge in [-0.1, -0.05) is 0 Å². The van der Waals surface area contributed by atoms with Gasteiger partial charge in [0.25, 0.3) is 0 Å². The van der Waals surface area contributed by atoms with E-state index >= 15 is 0 Å². The fraction of sp³-hybridized carbons (Fsp3) is 0. The number of hydrogen-bond acceptors (Lipinski definition) is 6. The zero-order valence-electron chi connectivity index (χ0n) is 9.99. The third-order valence-electron chi connectivity index (χ3n) is 0. The van der Waals surface area contributed by atoms with Gasteiger partial charge in [-0.25, -0.2) is 0 Å². The summed E-state index contributed by atoms with van der Waals surface area (Å²) in [4.78, 5) is 16.7. The van der Waals surface area contributed by atoms with Crippen molar-refractivity contribution < 1.29 is 160 Å². The molecule has 0 fully saturated rings. The Morgan fingerprint density at radius 1 is 0.474 bits per heavy atom. The average molecular weight is 555 g/mol. The Hall–Kier alpha value is 1.42. The molecule has 0 aliphatic rings. The van der Waals surface area contributed by atoms with Gasteiger partial charge in [-0.15, -0.1) is 0 Å². The topological polar surface area (TPSA) is 315 Å². The van der Waals surface area contributed by atoms with Crippen molar-refractivity contribution >= 4 is 12.3 Å². The van der Waals surface area contributed by atoms with E-state index in [1.807, 2.05) is 0 Å². The molecule has 0 radical (unpaired) electrons. The molecular formula is C2H12O12Zn5. The molecule has 102 valence electrons. The van der Waals surface area contributed by atoms with Gasteiger partial charge in [-0.3, -0.25) is 0 Å². The summed E-state index contributed by atoms with van der Waals surface area (Å²) in [5.74, 6) is 0. The minimum atomic E-state index is -2.33. The largest absolute Gasteiger partial charge is 2.00 e. The fourth-order valence-electron chi connectivity index (χ4n) is 0. The second kappa shape index (κ2) is 120. The monoisotopic (exact) mass is 548 g/mol. The molecule has 12 nitrogen and oxygen atoms in total. The van der Waals surface area contributed by atoms with Gasteiger partial charge in [-0.05, 0) is 12.3 Å². The average Bonchev–Trinajstić information content (AvgIpc) is 1.25. The minimum Gasteiger partial charge on any atom is -0.652 e. The van der Waals surface area contributed by atoms with E-state index in [-0.39, 0.29) is 130 Å². The standard InChI is InChI=1S/2CH2O3.6H2O.5Zn/c2*2-1(3)4;;;;;;;;;;;/h2*(H2,2,3,4);6*1H2;;;;;/q;;;;;;;;;;;2*+2/p-4. The van der Waals surface area contributed by atoms with Crippen molar-refractivity contribution in [3.63, 3.8) is 0 Å². The van der Waals surface area contributed by atoms with Crippen LogP contribution in [0.3, 0.4) is 0 Å². The Balaban J connectivity index is -0.00000000218. The Morgan fingerprint density at radius 3 is 0.474 bits per heavy atom. The Bertz CT molecular complexity index is 82.1. The first-order chi connectivity index (χ1) is 3.46. The predicted molar refractivity (Wildman–Crippen MR) is 32.5 cm³/mol. The van der Waals surface area contributed by atoms with E-state index in [0.29, 0.717) is 0 Å². The summed E-state index contributed by atoms with van der Waals surface area (Å²) in [6, 6.07) is 0. The first-order valence-electron chi connectivity index (χ1n) is 1.22. The molecule has 0 aromatic heterocycles. The maximum absolute atomic E-state index is 8.33. The fourth-order valence-corrected chi connectivity index (χ4v) is 0. The van der Waals surface area contributed by atoms with Gasteiger partial charge in [0.2, 0.25) is 0 Å². The van der Waals surface area contributed by atoms with E-state index in [1.54, 1.807) is 0 Å². The van der Waals surface area contributed by atoms with Gasteiger partial charge in [0.05, 0.1) is 0 Å². The van der Waals surface area contributed by atoms with Crippen LogP contribution in [0.1, 0.15) is 0 Å². The molecule has 0 aromatic rings. The number of hydrogen-bond donors (Lipinski definition) is 0. The van der Waals surface area contributed by atoms with E-state index in [4.69, 9.17) is 30.0 Å². The molecule has 0 unspecified atom stereocenters. The van der Waals surface area contributed by atoms with Crippen molar-refractivity contribution in [3.8, 4) is 0 Å². The summed E-state index contributed by atoms with van der Waals surface area (Å²) in [7, 11) is 0. The number of rotatable bonds is 0. The van der Waals surface area contributed by atoms with Crippen molar-refractivity contribution in [3.05, 3.63) is 0 Å². The van der Waals surface area contributed by atoms with E-state index in [9.17, 15) is 0 Å². The summed E-state index contributed by atoms with van der Waals surface area (Å²) in [5.41, 5.74) is 0. The first-order valence-corrected chi connectivity index (χ1v) is 1.22. The number of carbonyl (C=O) groups excluding carboxylic acids is 2. The number of carbonyl (C=O) groups is 2. The van der Waals surface area contributed by atoms with E-state index in [2.05, 4.69) is 0 Å². The Morgan fingerprint density at radius 2 is 0.474 bits per heavy atom. The zero-order chi connectivity index (χ0) is 7.15. The Labute approximate surface area is 171 Å². The van der Waals surface area contributed by atoms with Gasteiger partial charge in [-0.2, -0.15) is 0 Å². The van der Waals surface area contributed by atoms with Crippen molar-refractivity contribution in [2.75, 3.05) is 0 Å². The maximum atomic E-state index is 8.33. The summed E-state index contributed by atoms with van der Waals surface area (Å²) in [5, 5.41) is 33.3. The molecule has 0 aliphatic carbocycles. The van der Waals surface area contributed by atoms with Crippen LogP contribution in [0.15, 0.2) is 0 Å². The van der Waals surface area contributed by atoms with Crippen LogP contribution in [0.4, 0.5) is 9.59 Å². The SMILES string of the molecule is O.O.O.O.O.O.O=C([O-])[O-].O=C([O-])[O-].[Zn+2].[Zn+2].[Zn].[Zn].[Zn]. The summed E-state index contributed by atoms with van der Waals surface area (Å²) in [6.07, 6.45) is -4.67. The second-order valence-electron chi connectivity index (χ2n) is 0.500. The van der Waals surface area contributed by atoms with Gasteiger partial charge in [0.1, 0.15) is 0 Å². The van der Waals surface area contributed by atoms with Crippen LogP contribution in [0.2, 0.25) is 0 Å². The molecule has 0 amide bonds. The predicted octanol–water partition coefficient (Wildman–Crippen LogP) is -9.85. The van der Waals surface area contributed by atoms with Crippen LogP contribution in [0, 0.1) is 0 Å². The normalized spacial score (nSPS) is 2.53. The molecule has 0 atom stereocenters. The van der Waals surface area contributed by atoms with Gasteiger partial charge in [0.15, 0.2) is 0 Å². The van der Waals surface area contributed by atoms with E-state index < -0.39 is 12.3 Å². The third-order valence-corrected chi connectivity index (χ3v) is 0. The summed E-state index contributed by atoms with van der Waals surface area (Å²) >= 11 is 0. The molecular weight excluding hydrogens is 543 g/mol. The molecule has 0 heterocycles. The van der Waals surface area contributed by atoms with Gasteiger partial charge >= 0.3 is 39.0 Å². The molecule has 0 aromatic carbocycles. The molecule has 0 saturated heterocycles. The molecule has 0 aliphatic heterocycles. The van der Waals surface area contributed by atoms with Crippen LogP contribution < -0.4 is 20.4 Å². The smallest absolute Gasteiger partial charge is 0.652 e. The van der Waals surface area contributed by atoms with E-state index in [1.165, 1.54) is 0 Å².